The summed E-state index contributed by atoms with van der Waals surface area (Å²) in [6.45, 7) is 8.11. The minimum atomic E-state index is 0.0503. The van der Waals surface area contributed by atoms with E-state index in [-0.39, 0.29) is 5.91 Å². The lowest BCUT2D eigenvalue weighted by atomic mass is 9.91. The van der Waals surface area contributed by atoms with Crippen LogP contribution in [-0.2, 0) is 6.54 Å². The smallest absolute Gasteiger partial charge is 0.251 e. The Morgan fingerprint density at radius 1 is 1.03 bits per heavy atom. The van der Waals surface area contributed by atoms with Crippen molar-refractivity contribution >= 4 is 5.91 Å². The molecule has 3 fully saturated rings. The third-order valence-electron chi connectivity index (χ3n) is 8.69. The van der Waals surface area contributed by atoms with Gasteiger partial charge in [0.2, 0.25) is 0 Å². The normalized spacial score (nSPS) is 23.3. The van der Waals surface area contributed by atoms with E-state index >= 15 is 0 Å². The molecular weight excluding hydrogens is 458 g/mol. The second-order valence-corrected chi connectivity index (χ2v) is 11.2. The summed E-state index contributed by atoms with van der Waals surface area (Å²) in [5.41, 5.74) is 4.28. The Balaban J connectivity index is 1.44. The topological polar surface area (TPSA) is 44.8 Å². The summed E-state index contributed by atoms with van der Waals surface area (Å²) >= 11 is 0. The van der Waals surface area contributed by atoms with Gasteiger partial charge in [-0.3, -0.25) is 14.6 Å². The fourth-order valence-electron chi connectivity index (χ4n) is 6.68. The first kappa shape index (κ1) is 26.0. The molecule has 3 aliphatic rings. The van der Waals surface area contributed by atoms with E-state index in [1.165, 1.54) is 50.5 Å². The Hall–Kier alpha value is -2.63. The molecule has 0 aromatic heterocycles. The highest BCUT2D eigenvalue weighted by molar-refractivity contribution is 5.96. The summed E-state index contributed by atoms with van der Waals surface area (Å²) in [4.78, 5) is 18.6. The Bertz CT molecular complexity index is 1080. The number of rotatable bonds is 8. The van der Waals surface area contributed by atoms with Crippen LogP contribution in [0.25, 0.3) is 11.1 Å². The Morgan fingerprint density at radius 2 is 1.86 bits per heavy atom. The maximum absolute atomic E-state index is 13.3. The molecule has 2 bridgehead atoms. The van der Waals surface area contributed by atoms with Gasteiger partial charge >= 0.3 is 0 Å². The molecule has 2 atom stereocenters. The Kier molecular flexibility index (Phi) is 8.62. The summed E-state index contributed by atoms with van der Waals surface area (Å²) < 4.78 is 5.55. The SMILES string of the molecule is C=CCN1CCC2CCCC(C1)N2Cc1ccc(C(=O)NC2CCCCC2)cc1-c1cccc(OC)c1. The van der Waals surface area contributed by atoms with Crippen LogP contribution in [0.3, 0.4) is 0 Å². The van der Waals surface area contributed by atoms with E-state index in [0.29, 0.717) is 18.1 Å². The molecule has 1 aliphatic carbocycles. The van der Waals surface area contributed by atoms with Gasteiger partial charge in [-0.2, -0.15) is 0 Å². The van der Waals surface area contributed by atoms with Crippen molar-refractivity contribution in [2.45, 2.75) is 82.5 Å². The lowest BCUT2D eigenvalue weighted by molar-refractivity contribution is 0.0787. The molecule has 5 heteroatoms. The lowest BCUT2D eigenvalue weighted by Crippen LogP contribution is -2.47. The van der Waals surface area contributed by atoms with Crippen LogP contribution in [0.1, 0.15) is 73.7 Å². The molecule has 2 unspecified atom stereocenters. The predicted octanol–water partition coefficient (Wildman–Crippen LogP) is 6.04. The third-order valence-corrected chi connectivity index (χ3v) is 8.69. The summed E-state index contributed by atoms with van der Waals surface area (Å²) in [5.74, 6) is 0.890. The van der Waals surface area contributed by atoms with E-state index in [4.69, 9.17) is 4.74 Å². The number of nitrogens with zero attached hydrogens (tertiary/aromatic N) is 2. The zero-order valence-electron chi connectivity index (χ0n) is 22.5. The van der Waals surface area contributed by atoms with Crippen LogP contribution in [0, 0.1) is 0 Å². The molecule has 2 heterocycles. The average Bonchev–Trinajstić information content (AvgIpc) is 3.01. The number of hydrogen-bond donors (Lipinski definition) is 1. The molecule has 5 rings (SSSR count). The second-order valence-electron chi connectivity index (χ2n) is 11.2. The molecule has 2 aromatic carbocycles. The number of piperidine rings is 1. The van der Waals surface area contributed by atoms with Crippen molar-refractivity contribution in [2.24, 2.45) is 0 Å². The first-order valence-electron chi connectivity index (χ1n) is 14.3. The number of carbonyl (C=O) groups excluding carboxylic acids is 1. The van der Waals surface area contributed by atoms with Crippen molar-refractivity contribution in [2.75, 3.05) is 26.7 Å². The quantitative estimate of drug-likeness (QED) is 0.448. The molecule has 5 nitrogen and oxygen atoms in total. The minimum absolute atomic E-state index is 0.0503. The van der Waals surface area contributed by atoms with Gasteiger partial charge in [-0.15, -0.1) is 6.58 Å². The Morgan fingerprint density at radius 3 is 2.68 bits per heavy atom. The number of amides is 1. The molecule has 0 radical (unpaired) electrons. The van der Waals surface area contributed by atoms with Crippen molar-refractivity contribution in [3.05, 3.63) is 66.2 Å². The third kappa shape index (κ3) is 6.27. The van der Waals surface area contributed by atoms with Gasteiger partial charge in [-0.1, -0.05) is 50.0 Å². The summed E-state index contributed by atoms with van der Waals surface area (Å²) in [6.07, 6.45) is 13.0. The van der Waals surface area contributed by atoms with Crippen molar-refractivity contribution in [3.63, 3.8) is 0 Å². The van der Waals surface area contributed by atoms with Crippen LogP contribution >= 0.6 is 0 Å². The van der Waals surface area contributed by atoms with Crippen LogP contribution in [0.5, 0.6) is 5.75 Å². The van der Waals surface area contributed by atoms with Gasteiger partial charge in [-0.25, -0.2) is 0 Å². The monoisotopic (exact) mass is 501 g/mol. The van der Waals surface area contributed by atoms with Crippen molar-refractivity contribution in [3.8, 4) is 16.9 Å². The van der Waals surface area contributed by atoms with Gasteiger partial charge in [0.15, 0.2) is 0 Å². The van der Waals surface area contributed by atoms with Crippen molar-refractivity contribution < 1.29 is 9.53 Å². The molecule has 0 spiro atoms. The molecule has 1 N–H and O–H groups in total. The van der Waals surface area contributed by atoms with Gasteiger partial charge in [-0.05, 0) is 73.1 Å². The molecule has 2 saturated heterocycles. The standard InChI is InChI=1S/C32H43N3O2/c1-3-18-34-19-17-28-12-8-13-29(23-34)35(28)22-26-16-15-25(32(36)33-27-10-5-4-6-11-27)21-31(26)24-9-7-14-30(20-24)37-2/h3,7,9,14-16,20-21,27-29H,1,4-6,8,10-13,17-19,22-23H2,2H3,(H,33,36). The van der Waals surface area contributed by atoms with Crippen molar-refractivity contribution in [1.29, 1.82) is 0 Å². The number of hydrogen-bond acceptors (Lipinski definition) is 4. The van der Waals surface area contributed by atoms with Crippen LogP contribution in [-0.4, -0.2) is 60.6 Å². The van der Waals surface area contributed by atoms with E-state index in [0.717, 1.165) is 61.5 Å². The van der Waals surface area contributed by atoms with E-state index in [1.807, 2.05) is 24.3 Å². The number of methoxy groups -OCH3 is 1. The average molecular weight is 502 g/mol. The number of benzene rings is 2. The largest absolute Gasteiger partial charge is 0.497 e. The fraction of sp³-hybridized carbons (Fsp3) is 0.531. The van der Waals surface area contributed by atoms with Crippen LogP contribution in [0.2, 0.25) is 0 Å². The molecular formula is C32H43N3O2. The molecule has 198 valence electrons. The van der Waals surface area contributed by atoms with E-state index in [9.17, 15) is 4.79 Å². The van der Waals surface area contributed by atoms with Crippen molar-refractivity contribution in [1.82, 2.24) is 15.1 Å². The van der Waals surface area contributed by atoms with Crippen LogP contribution in [0.4, 0.5) is 0 Å². The fourth-order valence-corrected chi connectivity index (χ4v) is 6.68. The molecule has 37 heavy (non-hydrogen) atoms. The molecule has 1 amide bonds. The highest BCUT2D eigenvalue weighted by atomic mass is 16.5. The summed E-state index contributed by atoms with van der Waals surface area (Å²) in [6, 6.07) is 16.1. The zero-order valence-corrected chi connectivity index (χ0v) is 22.5. The number of nitrogens with one attached hydrogen (secondary N) is 1. The number of fused-ring (bicyclic) bond motifs is 2. The first-order chi connectivity index (χ1) is 18.1. The number of carbonyl (C=O) groups is 1. The molecule has 2 aliphatic heterocycles. The maximum atomic E-state index is 13.3. The van der Waals surface area contributed by atoms with Crippen LogP contribution in [0.15, 0.2) is 55.1 Å². The van der Waals surface area contributed by atoms with E-state index < -0.39 is 0 Å². The van der Waals surface area contributed by atoms with E-state index in [1.54, 1.807) is 7.11 Å². The predicted molar refractivity (Wildman–Crippen MR) is 151 cm³/mol. The number of ether oxygens (including phenoxy) is 1. The van der Waals surface area contributed by atoms with Gasteiger partial charge < -0.3 is 10.1 Å². The van der Waals surface area contributed by atoms with Gasteiger partial charge in [0, 0.05) is 49.9 Å². The highest BCUT2D eigenvalue weighted by Crippen LogP contribution is 2.34. The Labute approximate surface area is 222 Å². The summed E-state index contributed by atoms with van der Waals surface area (Å²) in [5, 5.41) is 3.31. The minimum Gasteiger partial charge on any atom is -0.497 e. The van der Waals surface area contributed by atoms with Gasteiger partial charge in [0.1, 0.15) is 5.75 Å². The second kappa shape index (κ2) is 12.3. The van der Waals surface area contributed by atoms with Crippen LogP contribution < -0.4 is 10.1 Å². The maximum Gasteiger partial charge on any atom is 0.251 e. The molecule has 2 aromatic rings. The lowest BCUT2D eigenvalue weighted by Gasteiger charge is -2.41. The summed E-state index contributed by atoms with van der Waals surface area (Å²) in [7, 11) is 1.71. The first-order valence-corrected chi connectivity index (χ1v) is 14.3. The highest BCUT2D eigenvalue weighted by Gasteiger charge is 2.34. The van der Waals surface area contributed by atoms with E-state index in [2.05, 4.69) is 46.0 Å². The van der Waals surface area contributed by atoms with Gasteiger partial charge in [0.25, 0.3) is 5.91 Å². The molecule has 1 saturated carbocycles. The zero-order chi connectivity index (χ0) is 25.6. The van der Waals surface area contributed by atoms with Gasteiger partial charge in [0.05, 0.1) is 7.11 Å².